The Hall–Kier alpha value is -1.07. The van der Waals surface area contributed by atoms with Crippen LogP contribution in [0.1, 0.15) is 44.7 Å². The summed E-state index contributed by atoms with van der Waals surface area (Å²) in [5.41, 5.74) is 1.17. The van der Waals surface area contributed by atoms with E-state index in [0.29, 0.717) is 11.7 Å². The number of carbonyl (C=O) groups excluding carboxylic acids is 1. The molecule has 126 valence electrons. The molecule has 0 spiro atoms. The summed E-state index contributed by atoms with van der Waals surface area (Å²) < 4.78 is 0.859. The van der Waals surface area contributed by atoms with Crippen molar-refractivity contribution in [3.05, 3.63) is 35.9 Å². The third kappa shape index (κ3) is 6.15. The lowest BCUT2D eigenvalue weighted by Gasteiger charge is -2.22. The third-order valence-corrected chi connectivity index (χ3v) is 5.46. The van der Waals surface area contributed by atoms with E-state index in [9.17, 15) is 4.79 Å². The highest BCUT2D eigenvalue weighted by Crippen LogP contribution is 2.22. The molecular weight excluding hydrogens is 324 g/mol. The molecule has 0 unspecified atom stereocenters. The van der Waals surface area contributed by atoms with Gasteiger partial charge in [-0.3, -0.25) is 4.79 Å². The molecule has 1 amide bonds. The fourth-order valence-corrected chi connectivity index (χ4v) is 3.85. The first-order chi connectivity index (χ1) is 11.1. The van der Waals surface area contributed by atoms with Crippen LogP contribution in [0.2, 0.25) is 0 Å². The number of amides is 1. The van der Waals surface area contributed by atoms with Crippen LogP contribution in [0.15, 0.2) is 30.3 Å². The molecule has 1 atom stereocenters. The van der Waals surface area contributed by atoms with Gasteiger partial charge in [0.25, 0.3) is 0 Å². The van der Waals surface area contributed by atoms with Gasteiger partial charge < -0.3 is 10.2 Å². The number of hydrogen-bond acceptors (Lipinski definition) is 3. The Morgan fingerprint density at radius 3 is 2.52 bits per heavy atom. The lowest BCUT2D eigenvalue weighted by Crippen LogP contribution is -2.32. The van der Waals surface area contributed by atoms with Crippen LogP contribution < -0.4 is 5.32 Å². The summed E-state index contributed by atoms with van der Waals surface area (Å²) in [6.07, 6.45) is 3.35. The van der Waals surface area contributed by atoms with Crippen molar-refractivity contribution in [3.63, 3.8) is 0 Å². The van der Waals surface area contributed by atoms with Crippen LogP contribution >= 0.6 is 24.0 Å². The molecule has 5 heteroatoms. The molecule has 0 radical (unpaired) electrons. The highest BCUT2D eigenvalue weighted by Gasteiger charge is 2.19. The molecule has 1 aromatic carbocycles. The van der Waals surface area contributed by atoms with E-state index in [-0.39, 0.29) is 11.9 Å². The van der Waals surface area contributed by atoms with Gasteiger partial charge >= 0.3 is 0 Å². The Morgan fingerprint density at radius 2 is 1.91 bits per heavy atom. The number of nitrogens with zero attached hydrogens (tertiary/aromatic N) is 1. The van der Waals surface area contributed by atoms with E-state index >= 15 is 0 Å². The van der Waals surface area contributed by atoms with E-state index in [1.807, 2.05) is 18.2 Å². The Balaban J connectivity index is 1.86. The van der Waals surface area contributed by atoms with Gasteiger partial charge in [-0.2, -0.15) is 0 Å². The highest BCUT2D eigenvalue weighted by molar-refractivity contribution is 8.23. The minimum atomic E-state index is 0.0612. The van der Waals surface area contributed by atoms with Gasteiger partial charge in [-0.25, -0.2) is 0 Å². The summed E-state index contributed by atoms with van der Waals surface area (Å²) in [6, 6.07) is 10.3. The normalized spacial score (nSPS) is 15.7. The number of hydrogen-bond donors (Lipinski definition) is 1. The van der Waals surface area contributed by atoms with E-state index in [0.717, 1.165) is 23.8 Å². The molecule has 1 heterocycles. The summed E-state index contributed by atoms with van der Waals surface area (Å²) in [7, 11) is 0. The molecule has 23 heavy (non-hydrogen) atoms. The van der Waals surface area contributed by atoms with Gasteiger partial charge in [-0.1, -0.05) is 68.2 Å². The van der Waals surface area contributed by atoms with E-state index in [1.54, 1.807) is 0 Å². The van der Waals surface area contributed by atoms with Crippen molar-refractivity contribution in [1.29, 1.82) is 0 Å². The molecule has 1 saturated heterocycles. The van der Waals surface area contributed by atoms with Crippen molar-refractivity contribution < 1.29 is 4.79 Å². The number of carbonyl (C=O) groups is 1. The van der Waals surface area contributed by atoms with Gasteiger partial charge in [-0.15, -0.1) is 0 Å². The van der Waals surface area contributed by atoms with Crippen molar-refractivity contribution >= 4 is 34.2 Å². The standard InChI is InChI=1S/C18H26N2OS2/c1-14(2)12-16(15-8-4-3-5-9-15)19-17(21)13-23-18(22)20-10-6-7-11-20/h3-5,8-9,14,16H,6-7,10-13H2,1-2H3,(H,19,21)/t16-/m1/s1. The second kappa shape index (κ2) is 9.28. The summed E-state index contributed by atoms with van der Waals surface area (Å²) in [5, 5.41) is 3.17. The van der Waals surface area contributed by atoms with Crippen LogP contribution in [-0.2, 0) is 4.79 Å². The predicted octanol–water partition coefficient (Wildman–Crippen LogP) is 4.00. The summed E-state index contributed by atoms with van der Waals surface area (Å²) in [4.78, 5) is 14.5. The molecule has 1 fully saturated rings. The maximum Gasteiger partial charge on any atom is 0.230 e. The SMILES string of the molecule is CC(C)C[C@@H](NC(=O)CSC(=S)N1CCCC1)c1ccccc1. The Kier molecular flexibility index (Phi) is 7.37. The van der Waals surface area contributed by atoms with Gasteiger partial charge in [0.05, 0.1) is 11.8 Å². The fourth-order valence-electron chi connectivity index (χ4n) is 2.79. The summed E-state index contributed by atoms with van der Waals surface area (Å²) in [6.45, 7) is 6.43. The Bertz CT molecular complexity index is 513. The minimum absolute atomic E-state index is 0.0612. The van der Waals surface area contributed by atoms with Gasteiger partial charge in [0.2, 0.25) is 5.91 Å². The Morgan fingerprint density at radius 1 is 1.26 bits per heavy atom. The molecule has 1 N–H and O–H groups in total. The zero-order valence-corrected chi connectivity index (χ0v) is 15.6. The monoisotopic (exact) mass is 350 g/mol. The summed E-state index contributed by atoms with van der Waals surface area (Å²) >= 11 is 6.90. The van der Waals surface area contributed by atoms with Crippen molar-refractivity contribution in [2.24, 2.45) is 5.92 Å². The molecule has 0 aliphatic carbocycles. The van der Waals surface area contributed by atoms with Gasteiger partial charge in [0, 0.05) is 13.1 Å². The lowest BCUT2D eigenvalue weighted by atomic mass is 9.97. The molecule has 1 aromatic rings. The highest BCUT2D eigenvalue weighted by atomic mass is 32.2. The van der Waals surface area contributed by atoms with Gasteiger partial charge in [0.1, 0.15) is 4.32 Å². The smallest absolute Gasteiger partial charge is 0.230 e. The van der Waals surface area contributed by atoms with Crippen molar-refractivity contribution in [2.75, 3.05) is 18.8 Å². The maximum absolute atomic E-state index is 12.3. The quantitative estimate of drug-likeness (QED) is 0.786. The van der Waals surface area contributed by atoms with Crippen LogP contribution in [0.5, 0.6) is 0 Å². The van der Waals surface area contributed by atoms with Crippen LogP contribution in [0.4, 0.5) is 0 Å². The van der Waals surface area contributed by atoms with Crippen LogP contribution in [0, 0.1) is 5.92 Å². The lowest BCUT2D eigenvalue weighted by molar-refractivity contribution is -0.119. The average molecular weight is 351 g/mol. The second-order valence-electron chi connectivity index (χ2n) is 6.41. The second-order valence-corrected chi connectivity index (χ2v) is 8.02. The zero-order chi connectivity index (χ0) is 16.7. The maximum atomic E-state index is 12.3. The average Bonchev–Trinajstić information content (AvgIpc) is 3.07. The van der Waals surface area contributed by atoms with E-state index in [4.69, 9.17) is 12.2 Å². The Labute approximate surface area is 149 Å². The fraction of sp³-hybridized carbons (Fsp3) is 0.556. The molecule has 1 aliphatic heterocycles. The predicted molar refractivity (Wildman–Crippen MR) is 103 cm³/mol. The largest absolute Gasteiger partial charge is 0.358 e. The minimum Gasteiger partial charge on any atom is -0.358 e. The molecular formula is C18H26N2OS2. The summed E-state index contributed by atoms with van der Waals surface area (Å²) in [5.74, 6) is 0.987. The first-order valence-electron chi connectivity index (χ1n) is 8.32. The van der Waals surface area contributed by atoms with Crippen LogP contribution in [0.3, 0.4) is 0 Å². The number of likely N-dealkylation sites (tertiary alicyclic amines) is 1. The number of rotatable bonds is 6. The molecule has 3 nitrogen and oxygen atoms in total. The van der Waals surface area contributed by atoms with E-state index < -0.39 is 0 Å². The number of benzene rings is 1. The van der Waals surface area contributed by atoms with Crippen molar-refractivity contribution in [2.45, 2.75) is 39.2 Å². The molecule has 2 rings (SSSR count). The van der Waals surface area contributed by atoms with Crippen molar-refractivity contribution in [1.82, 2.24) is 10.2 Å². The molecule has 1 aliphatic rings. The number of nitrogens with one attached hydrogen (secondary N) is 1. The molecule has 0 saturated carbocycles. The van der Waals surface area contributed by atoms with Crippen molar-refractivity contribution in [3.8, 4) is 0 Å². The first-order valence-corrected chi connectivity index (χ1v) is 9.71. The first kappa shape index (κ1) is 18.3. The van der Waals surface area contributed by atoms with E-state index in [2.05, 4.69) is 36.2 Å². The topological polar surface area (TPSA) is 32.3 Å². The molecule has 0 bridgehead atoms. The van der Waals surface area contributed by atoms with Crippen LogP contribution in [-0.4, -0.2) is 34.0 Å². The van der Waals surface area contributed by atoms with Gasteiger partial charge in [0.15, 0.2) is 0 Å². The van der Waals surface area contributed by atoms with E-state index in [1.165, 1.54) is 30.2 Å². The number of thioether (sulfide) groups is 1. The number of thiocarbonyl (C=S) groups is 1. The van der Waals surface area contributed by atoms with Gasteiger partial charge in [-0.05, 0) is 30.7 Å². The third-order valence-electron chi connectivity index (χ3n) is 3.94. The molecule has 0 aromatic heterocycles. The van der Waals surface area contributed by atoms with Crippen LogP contribution in [0.25, 0.3) is 0 Å². The zero-order valence-electron chi connectivity index (χ0n) is 14.0.